The molecule has 0 saturated heterocycles. The Morgan fingerprint density at radius 1 is 0.314 bits per heavy atom. The minimum Gasteiger partial charge on any atom is -0.309 e. The number of fused-ring (bicyclic) bond motifs is 9. The Labute approximate surface area is 329 Å². The Balaban J connectivity index is 1.35. The molecule has 3 aromatic heterocycles. The molecular formula is C48H31N3. The summed E-state index contributed by atoms with van der Waals surface area (Å²) in [6, 6.07) is -9.72. The van der Waals surface area contributed by atoms with E-state index in [1.165, 1.54) is 34.9 Å². The van der Waals surface area contributed by atoms with Crippen LogP contribution >= 0.6 is 0 Å². The molecule has 0 unspecified atom stereocenters. The number of benzene rings is 8. The SMILES string of the molecule is [2H]c1cc([2H])c(-c2cccc(-n3c4c([2H])c([2H])c([2H])c([2H])c4c4c([2H])c(-n5c6c([2H])c([2H])c([2H])c([2H])c6c6c([2H])c(-n7c8c([2H])c([2H])c([2H])c([2H])c8c8c([2H])c([2H])c([2H])c([2H])c87)c([2H])c([2H])c65)c([2H])c([2H])c43)c2)c([2H])c1. The predicted molar refractivity (Wildman–Crippen MR) is 215 cm³/mol. The lowest BCUT2D eigenvalue weighted by Gasteiger charge is -2.12. The summed E-state index contributed by atoms with van der Waals surface area (Å²) >= 11 is 0. The first-order chi connectivity index (χ1) is 35.7. The van der Waals surface area contributed by atoms with Gasteiger partial charge in [-0.15, -0.1) is 0 Å². The van der Waals surface area contributed by atoms with Crippen molar-refractivity contribution in [3.05, 3.63) is 187 Å². The van der Waals surface area contributed by atoms with Crippen molar-refractivity contribution in [1.29, 1.82) is 0 Å². The van der Waals surface area contributed by atoms with E-state index < -0.39 is 188 Å². The largest absolute Gasteiger partial charge is 0.309 e. The van der Waals surface area contributed by atoms with Gasteiger partial charge in [0.25, 0.3) is 0 Å². The van der Waals surface area contributed by atoms with Crippen molar-refractivity contribution >= 4 is 65.4 Å². The third-order valence-corrected chi connectivity index (χ3v) is 8.76. The fraction of sp³-hybridized carbons (Fsp3) is 0. The summed E-state index contributed by atoms with van der Waals surface area (Å²) in [5, 5.41) is -2.66. The third kappa shape index (κ3) is 4.12. The summed E-state index contributed by atoms with van der Waals surface area (Å²) in [4.78, 5) is 0. The Hall–Kier alpha value is -6.84. The van der Waals surface area contributed by atoms with Crippen LogP contribution in [0.2, 0.25) is 0 Å². The van der Waals surface area contributed by atoms with Gasteiger partial charge in [0.05, 0.1) is 67.4 Å². The van der Waals surface area contributed by atoms with Crippen LogP contribution in [-0.4, -0.2) is 13.7 Å². The lowest BCUT2D eigenvalue weighted by atomic mass is 10.1. The lowest BCUT2D eigenvalue weighted by molar-refractivity contribution is 1.16. The molecule has 0 bridgehead atoms. The van der Waals surface area contributed by atoms with Crippen molar-refractivity contribution in [2.45, 2.75) is 0 Å². The van der Waals surface area contributed by atoms with Gasteiger partial charge in [0, 0.05) is 49.4 Å². The van der Waals surface area contributed by atoms with Crippen LogP contribution in [0, 0.1) is 0 Å². The Kier molecular flexibility index (Phi) is 2.79. The second-order valence-corrected chi connectivity index (χ2v) is 11.5. The zero-order valence-corrected chi connectivity index (χ0v) is 25.8. The molecule has 0 atom stereocenters. The van der Waals surface area contributed by atoms with Crippen molar-refractivity contribution < 1.29 is 34.3 Å². The molecule has 11 rings (SSSR count). The fourth-order valence-electron chi connectivity index (χ4n) is 6.64. The van der Waals surface area contributed by atoms with Crippen LogP contribution in [0.25, 0.3) is 93.6 Å². The van der Waals surface area contributed by atoms with Gasteiger partial charge >= 0.3 is 0 Å². The molecule has 238 valence electrons. The molecule has 0 N–H and O–H groups in total. The van der Waals surface area contributed by atoms with Gasteiger partial charge in [-0.3, -0.25) is 0 Å². The molecule has 0 amide bonds. The molecule has 0 spiro atoms. The maximum atomic E-state index is 10.1. The first-order valence-corrected chi connectivity index (χ1v) is 15.5. The number of hydrogen-bond acceptors (Lipinski definition) is 0. The van der Waals surface area contributed by atoms with E-state index in [1.807, 2.05) is 0 Å². The molecule has 3 nitrogen and oxygen atoms in total. The molecule has 0 aliphatic heterocycles. The standard InChI is InChI=1S/C48H31N3/c1-2-13-32(14-3-1)33-15-12-16-34(29-33)49-45-23-10-6-19-39(45)41-31-36(26-27-47(41)49)51-46-24-11-7-20-40(46)42-30-35(25-28-48(42)51)50-43-21-8-4-17-37(43)38-18-5-9-22-44(38)50/h1-31H/i1D,4D,5D,6D,7D,8D,9D,10D,11D,13D,14D,17D,18D,19D,20D,21D,22D,23D,24D,25D,26D,27D,28D,30D,31D. The average molecular weight is 675 g/mol. The average Bonchev–Trinajstić information content (AvgIpc) is 4.22. The highest BCUT2D eigenvalue weighted by Gasteiger charge is 2.18. The normalized spacial score (nSPS) is 18.8. The molecule has 0 radical (unpaired) electrons. The second-order valence-electron chi connectivity index (χ2n) is 11.5. The van der Waals surface area contributed by atoms with Gasteiger partial charge in [0.2, 0.25) is 0 Å². The minimum atomic E-state index is -0.963. The highest BCUT2D eigenvalue weighted by molar-refractivity contribution is 6.14. The summed E-state index contributed by atoms with van der Waals surface area (Å²) < 4.78 is 229. The van der Waals surface area contributed by atoms with Crippen molar-refractivity contribution in [3.8, 4) is 28.2 Å². The highest BCUT2D eigenvalue weighted by Crippen LogP contribution is 2.39. The highest BCUT2D eigenvalue weighted by atomic mass is 15.0. The molecule has 0 saturated carbocycles. The molecular weight excluding hydrogens is 619 g/mol. The van der Waals surface area contributed by atoms with Crippen LogP contribution in [0.15, 0.2) is 187 Å². The Morgan fingerprint density at radius 2 is 0.725 bits per heavy atom. The van der Waals surface area contributed by atoms with Gasteiger partial charge in [-0.2, -0.15) is 0 Å². The van der Waals surface area contributed by atoms with Crippen LogP contribution in [0.5, 0.6) is 0 Å². The van der Waals surface area contributed by atoms with Gasteiger partial charge < -0.3 is 13.7 Å². The summed E-state index contributed by atoms with van der Waals surface area (Å²) in [5.74, 6) is 0. The molecule has 3 heteroatoms. The summed E-state index contributed by atoms with van der Waals surface area (Å²) in [5.41, 5.74) is -3.84. The van der Waals surface area contributed by atoms with Gasteiger partial charge in [0.1, 0.15) is 0 Å². The second kappa shape index (κ2) is 10.8. The Bertz CT molecular complexity index is 4490. The summed E-state index contributed by atoms with van der Waals surface area (Å²) in [6.07, 6.45) is 0. The number of aromatic nitrogens is 3. The monoisotopic (exact) mass is 674 g/mol. The van der Waals surface area contributed by atoms with E-state index in [1.54, 1.807) is 6.07 Å². The Morgan fingerprint density at radius 3 is 1.22 bits per heavy atom. The number of rotatable bonds is 4. The first kappa shape index (κ1) is 13.1. The molecule has 11 aromatic rings. The van der Waals surface area contributed by atoms with E-state index in [2.05, 4.69) is 0 Å². The molecule has 8 aromatic carbocycles. The minimum absolute atomic E-state index is 0.0840. The van der Waals surface area contributed by atoms with E-state index in [0.29, 0.717) is 0 Å². The number of para-hydroxylation sites is 4. The van der Waals surface area contributed by atoms with E-state index in [0.717, 1.165) is 9.13 Å². The zero-order valence-electron chi connectivity index (χ0n) is 50.8. The van der Waals surface area contributed by atoms with E-state index in [4.69, 9.17) is 20.6 Å². The zero-order chi connectivity index (χ0) is 55.2. The van der Waals surface area contributed by atoms with Gasteiger partial charge in [-0.25, -0.2) is 0 Å². The number of nitrogens with zero attached hydrogens (tertiary/aromatic N) is 3. The van der Waals surface area contributed by atoms with Crippen LogP contribution in [0.1, 0.15) is 34.3 Å². The van der Waals surface area contributed by atoms with Crippen LogP contribution < -0.4 is 0 Å². The molecule has 0 aliphatic carbocycles. The van der Waals surface area contributed by atoms with E-state index in [-0.39, 0.29) is 56.7 Å². The maximum absolute atomic E-state index is 10.1. The first-order valence-electron chi connectivity index (χ1n) is 28.0. The van der Waals surface area contributed by atoms with E-state index >= 15 is 0 Å². The molecule has 0 aliphatic rings. The maximum Gasteiger partial charge on any atom is 0.0652 e. The third-order valence-electron chi connectivity index (χ3n) is 8.76. The van der Waals surface area contributed by atoms with Gasteiger partial charge in [-0.1, -0.05) is 115 Å². The van der Waals surface area contributed by atoms with Crippen molar-refractivity contribution in [1.82, 2.24) is 13.7 Å². The van der Waals surface area contributed by atoms with Crippen LogP contribution in [0.4, 0.5) is 0 Å². The van der Waals surface area contributed by atoms with Crippen molar-refractivity contribution in [2.24, 2.45) is 0 Å². The topological polar surface area (TPSA) is 14.8 Å². The smallest absolute Gasteiger partial charge is 0.0652 e. The summed E-state index contributed by atoms with van der Waals surface area (Å²) in [7, 11) is 0. The number of hydrogen-bond donors (Lipinski definition) is 0. The molecule has 3 heterocycles. The molecule has 0 fully saturated rings. The van der Waals surface area contributed by atoms with E-state index in [9.17, 15) is 13.7 Å². The van der Waals surface area contributed by atoms with Crippen molar-refractivity contribution in [3.63, 3.8) is 0 Å². The van der Waals surface area contributed by atoms with Gasteiger partial charge in [0.15, 0.2) is 0 Å². The predicted octanol–water partition coefficient (Wildman–Crippen LogP) is 12.6. The van der Waals surface area contributed by atoms with Crippen molar-refractivity contribution in [2.75, 3.05) is 0 Å². The fourth-order valence-corrected chi connectivity index (χ4v) is 6.64. The lowest BCUT2D eigenvalue weighted by Crippen LogP contribution is -1.97. The molecule has 51 heavy (non-hydrogen) atoms. The van der Waals surface area contributed by atoms with Gasteiger partial charge in [-0.05, 0) is 83.7 Å². The van der Waals surface area contributed by atoms with Crippen LogP contribution in [0.3, 0.4) is 0 Å². The van der Waals surface area contributed by atoms with Crippen LogP contribution in [-0.2, 0) is 0 Å². The quantitative estimate of drug-likeness (QED) is 0.176. The summed E-state index contributed by atoms with van der Waals surface area (Å²) in [6.45, 7) is 0.